The predicted molar refractivity (Wildman–Crippen MR) is 159 cm³/mol. The van der Waals surface area contributed by atoms with E-state index in [4.69, 9.17) is 22.7 Å². The highest BCUT2D eigenvalue weighted by Crippen LogP contribution is 2.56. The lowest BCUT2D eigenvalue weighted by Gasteiger charge is -2.56. The molecule has 1 amide bonds. The minimum Gasteiger partial charge on any atom is -0.497 e. The molecule has 7 heteroatoms. The molecule has 0 spiro atoms. The number of carbonyl (C=O) groups is 1. The zero-order chi connectivity index (χ0) is 25.5. The number of ether oxygens (including phenoxy) is 1. The Morgan fingerprint density at radius 2 is 1.84 bits per heavy atom. The molecule has 7 rings (SSSR count). The molecule has 1 aromatic heterocycles. The lowest BCUT2D eigenvalue weighted by atomic mass is 9.54. The van der Waals surface area contributed by atoms with Crippen molar-refractivity contribution in [3.63, 3.8) is 0 Å². The molecule has 4 nitrogen and oxygen atoms in total. The van der Waals surface area contributed by atoms with E-state index in [9.17, 15) is 4.79 Å². The average Bonchev–Trinajstić information content (AvgIpc) is 3.42. The number of rotatable bonds is 9. The van der Waals surface area contributed by atoms with Crippen molar-refractivity contribution >= 4 is 51.6 Å². The van der Waals surface area contributed by atoms with Crippen LogP contribution in [0, 0.1) is 23.7 Å². The fourth-order valence-corrected chi connectivity index (χ4v) is 10.0. The molecule has 4 aliphatic carbocycles. The van der Waals surface area contributed by atoms with Gasteiger partial charge in [0.05, 0.1) is 12.0 Å². The Labute approximate surface area is 234 Å². The summed E-state index contributed by atoms with van der Waals surface area (Å²) in [5, 5.41) is 0. The molecule has 1 aromatic carbocycles. The second-order valence-corrected chi connectivity index (χ2v) is 14.1. The largest absolute Gasteiger partial charge is 0.497 e. The Hall–Kier alpha value is -1.67. The highest BCUT2D eigenvalue weighted by Gasteiger charge is 2.53. The number of aryl methyl sites for hydroxylation is 1. The van der Waals surface area contributed by atoms with E-state index in [-0.39, 0.29) is 5.91 Å². The van der Waals surface area contributed by atoms with Crippen LogP contribution in [0.4, 0.5) is 0 Å². The first-order valence-electron chi connectivity index (χ1n) is 13.8. The Morgan fingerprint density at radius 1 is 1.08 bits per heavy atom. The molecule has 2 N–H and O–H groups in total. The average molecular weight is 553 g/mol. The second kappa shape index (κ2) is 10.8. The lowest BCUT2D eigenvalue weighted by molar-refractivity contribution is -0.130. The summed E-state index contributed by atoms with van der Waals surface area (Å²) in [5.74, 6) is 4.04. The van der Waals surface area contributed by atoms with E-state index < -0.39 is 0 Å². The van der Waals surface area contributed by atoms with Crippen LogP contribution in [0.2, 0.25) is 0 Å². The molecule has 2 heterocycles. The monoisotopic (exact) mass is 552 g/mol. The van der Waals surface area contributed by atoms with E-state index in [0.717, 1.165) is 64.6 Å². The van der Waals surface area contributed by atoms with Gasteiger partial charge in [0.25, 0.3) is 5.91 Å². The molecule has 0 atom stereocenters. The van der Waals surface area contributed by atoms with Crippen molar-refractivity contribution in [1.82, 2.24) is 4.90 Å². The van der Waals surface area contributed by atoms with E-state index in [1.54, 1.807) is 18.4 Å². The van der Waals surface area contributed by atoms with E-state index in [1.165, 1.54) is 59.2 Å². The Morgan fingerprint density at radius 3 is 2.54 bits per heavy atom. The fourth-order valence-electron chi connectivity index (χ4n) is 7.49. The molecular formula is C30H36N2O2S3. The smallest absolute Gasteiger partial charge is 0.266 e. The summed E-state index contributed by atoms with van der Waals surface area (Å²) in [6.07, 6.45) is 12.9. The molecule has 37 heavy (non-hydrogen) atoms. The van der Waals surface area contributed by atoms with Gasteiger partial charge in [-0.25, -0.2) is 0 Å². The van der Waals surface area contributed by atoms with Gasteiger partial charge in [0.1, 0.15) is 10.1 Å². The van der Waals surface area contributed by atoms with E-state index >= 15 is 0 Å². The van der Waals surface area contributed by atoms with Gasteiger partial charge in [-0.2, -0.15) is 0 Å². The number of thioether (sulfide) groups is 1. The SMILES string of the molecule is COc1cccc(-c2cc(CCCCCN)c(C=C3SC(=S)N(C4C5CC6CC(C5)CC4C6)C3=O)s2)c1. The molecule has 1 saturated heterocycles. The van der Waals surface area contributed by atoms with Crippen molar-refractivity contribution in [3.8, 4) is 16.2 Å². The summed E-state index contributed by atoms with van der Waals surface area (Å²) in [7, 11) is 1.70. The standard InChI is InChI=1S/C30H36N2O2S3/c1-34-24-8-5-7-20(15-24)25-16-21(6-3-2-4-9-31)26(36-25)17-27-29(33)32(30(35)37-27)28-22-11-18-10-19(13-22)14-23(28)12-18/h5,7-8,15-19,22-23,28H,2-4,6,9-14,31H2,1H3. The van der Waals surface area contributed by atoms with Gasteiger partial charge in [-0.3, -0.25) is 9.69 Å². The number of thiophene rings is 1. The predicted octanol–water partition coefficient (Wildman–Crippen LogP) is 7.12. The third-order valence-electron chi connectivity index (χ3n) is 8.91. The third-order valence-corrected chi connectivity index (χ3v) is 11.4. The second-order valence-electron chi connectivity index (χ2n) is 11.3. The molecule has 4 saturated carbocycles. The number of hydrogen-bond donors (Lipinski definition) is 1. The number of hydrogen-bond acceptors (Lipinski definition) is 6. The van der Waals surface area contributed by atoms with Crippen LogP contribution in [-0.2, 0) is 11.2 Å². The summed E-state index contributed by atoms with van der Waals surface area (Å²) < 4.78 is 6.23. The molecule has 5 aliphatic rings. The maximum atomic E-state index is 13.8. The van der Waals surface area contributed by atoms with Crippen LogP contribution in [0.15, 0.2) is 35.2 Å². The van der Waals surface area contributed by atoms with Gasteiger partial charge >= 0.3 is 0 Å². The van der Waals surface area contributed by atoms with Crippen molar-refractivity contribution in [3.05, 3.63) is 45.7 Å². The summed E-state index contributed by atoms with van der Waals surface area (Å²) in [5.41, 5.74) is 8.18. The van der Waals surface area contributed by atoms with Crippen molar-refractivity contribution in [2.24, 2.45) is 29.4 Å². The minimum absolute atomic E-state index is 0.137. The third kappa shape index (κ3) is 5.05. The quantitative estimate of drug-likeness (QED) is 0.204. The number of nitrogens with zero attached hydrogens (tertiary/aromatic N) is 1. The van der Waals surface area contributed by atoms with Crippen LogP contribution in [0.1, 0.15) is 61.8 Å². The fraction of sp³-hybridized carbons (Fsp3) is 0.533. The number of thiocarbonyl (C=S) groups is 1. The molecule has 0 radical (unpaired) electrons. The summed E-state index contributed by atoms with van der Waals surface area (Å²) in [4.78, 5) is 19.0. The maximum absolute atomic E-state index is 13.8. The van der Waals surface area contributed by atoms with E-state index in [2.05, 4.69) is 24.3 Å². The maximum Gasteiger partial charge on any atom is 0.266 e. The lowest BCUT2D eigenvalue weighted by Crippen LogP contribution is -2.57. The molecule has 5 fully saturated rings. The van der Waals surface area contributed by atoms with Crippen LogP contribution in [0.5, 0.6) is 5.75 Å². The van der Waals surface area contributed by atoms with Gasteiger partial charge in [0.15, 0.2) is 0 Å². The van der Waals surface area contributed by atoms with E-state index in [1.807, 2.05) is 17.0 Å². The van der Waals surface area contributed by atoms with Gasteiger partial charge in [-0.1, -0.05) is 42.5 Å². The van der Waals surface area contributed by atoms with Gasteiger partial charge in [0.2, 0.25) is 0 Å². The van der Waals surface area contributed by atoms with Gasteiger partial charge in [-0.05, 0) is 117 Å². The summed E-state index contributed by atoms with van der Waals surface area (Å²) in [6.45, 7) is 0.735. The van der Waals surface area contributed by atoms with Crippen molar-refractivity contribution in [2.45, 2.75) is 63.8 Å². The first kappa shape index (κ1) is 25.6. The van der Waals surface area contributed by atoms with Gasteiger partial charge in [0, 0.05) is 15.8 Å². The number of benzene rings is 1. The number of methoxy groups -OCH3 is 1. The zero-order valence-electron chi connectivity index (χ0n) is 21.5. The van der Waals surface area contributed by atoms with Crippen LogP contribution >= 0.6 is 35.3 Å². The molecule has 196 valence electrons. The Kier molecular flexibility index (Phi) is 7.50. The first-order chi connectivity index (χ1) is 18.0. The molecule has 0 unspecified atom stereocenters. The van der Waals surface area contributed by atoms with E-state index in [0.29, 0.717) is 17.9 Å². The van der Waals surface area contributed by atoms with Crippen LogP contribution < -0.4 is 10.5 Å². The normalized spacial score (nSPS) is 29.6. The van der Waals surface area contributed by atoms with Gasteiger partial charge < -0.3 is 10.5 Å². The number of amides is 1. The first-order valence-corrected chi connectivity index (χ1v) is 15.8. The van der Waals surface area contributed by atoms with Gasteiger partial charge in [-0.15, -0.1) is 11.3 Å². The Balaban J connectivity index is 1.28. The van der Waals surface area contributed by atoms with Crippen LogP contribution in [-0.4, -0.2) is 34.8 Å². The number of carbonyl (C=O) groups excluding carboxylic acids is 1. The molecule has 2 aromatic rings. The molecule has 1 aliphatic heterocycles. The van der Waals surface area contributed by atoms with Crippen molar-refractivity contribution in [1.29, 1.82) is 0 Å². The zero-order valence-corrected chi connectivity index (χ0v) is 23.9. The Bertz CT molecular complexity index is 1190. The van der Waals surface area contributed by atoms with Crippen LogP contribution in [0.3, 0.4) is 0 Å². The highest BCUT2D eigenvalue weighted by molar-refractivity contribution is 8.26. The summed E-state index contributed by atoms with van der Waals surface area (Å²) in [6, 6.07) is 10.8. The molecular weight excluding hydrogens is 517 g/mol. The summed E-state index contributed by atoms with van der Waals surface area (Å²) >= 11 is 9.13. The van der Waals surface area contributed by atoms with Crippen molar-refractivity contribution < 1.29 is 9.53 Å². The van der Waals surface area contributed by atoms with Crippen molar-refractivity contribution in [2.75, 3.05) is 13.7 Å². The highest BCUT2D eigenvalue weighted by atomic mass is 32.2. The topological polar surface area (TPSA) is 55.6 Å². The molecule has 4 bridgehead atoms. The number of unbranched alkanes of at least 4 members (excludes halogenated alkanes) is 2. The minimum atomic E-state index is 0.137. The van der Waals surface area contributed by atoms with Crippen LogP contribution in [0.25, 0.3) is 16.5 Å². The number of nitrogens with two attached hydrogens (primary N) is 1.